The van der Waals surface area contributed by atoms with Crippen LogP contribution in [0.25, 0.3) is 5.57 Å². The third-order valence-corrected chi connectivity index (χ3v) is 7.45. The number of rotatable bonds is 11. The zero-order valence-corrected chi connectivity index (χ0v) is 19.9. The van der Waals surface area contributed by atoms with Crippen LogP contribution in [0.15, 0.2) is 42.0 Å². The van der Waals surface area contributed by atoms with Gasteiger partial charge in [0.1, 0.15) is 4.88 Å². The van der Waals surface area contributed by atoms with Gasteiger partial charge in [-0.05, 0) is 73.3 Å². The van der Waals surface area contributed by atoms with Crippen LogP contribution in [-0.2, 0) is 11.2 Å². The molecule has 0 saturated carbocycles. The third-order valence-electron chi connectivity index (χ3n) is 6.32. The maximum Gasteiger partial charge on any atom is 0.348 e. The van der Waals surface area contributed by atoms with Crippen molar-refractivity contribution in [3.8, 4) is 6.07 Å². The van der Waals surface area contributed by atoms with Crippen LogP contribution < -0.4 is 0 Å². The second kappa shape index (κ2) is 12.0. The number of nitrogens with zero attached hydrogens (tertiary/aromatic N) is 1. The van der Waals surface area contributed by atoms with Gasteiger partial charge in [-0.25, -0.2) is 4.79 Å². The molecular formula is C27H33NO3S. The highest BCUT2D eigenvalue weighted by atomic mass is 32.1. The van der Waals surface area contributed by atoms with Crippen molar-refractivity contribution < 1.29 is 14.6 Å². The quantitative estimate of drug-likeness (QED) is 0.299. The molecule has 1 heterocycles. The van der Waals surface area contributed by atoms with Crippen LogP contribution in [0.4, 0.5) is 0 Å². The summed E-state index contributed by atoms with van der Waals surface area (Å²) in [7, 11) is 1.40. The van der Waals surface area contributed by atoms with E-state index in [1.165, 1.54) is 28.9 Å². The molecule has 32 heavy (non-hydrogen) atoms. The second-order valence-corrected chi connectivity index (χ2v) is 9.69. The molecular weight excluding hydrogens is 418 g/mol. The molecule has 2 aromatic rings. The van der Waals surface area contributed by atoms with Gasteiger partial charge < -0.3 is 9.84 Å². The van der Waals surface area contributed by atoms with Gasteiger partial charge in [0.05, 0.1) is 19.3 Å². The lowest BCUT2D eigenvalue weighted by molar-refractivity contribution is 0.0606. The first-order valence-corrected chi connectivity index (χ1v) is 12.5. The highest BCUT2D eigenvalue weighted by molar-refractivity contribution is 7.13. The summed E-state index contributed by atoms with van der Waals surface area (Å²) < 4.78 is 4.79. The number of thiophene rings is 1. The Hall–Kier alpha value is -2.42. The monoisotopic (exact) mass is 451 g/mol. The number of aliphatic hydroxyl groups is 1. The molecule has 3 rings (SSSR count). The molecule has 1 aliphatic rings. The van der Waals surface area contributed by atoms with Crippen molar-refractivity contribution in [2.75, 3.05) is 7.11 Å². The molecule has 0 saturated heterocycles. The zero-order chi connectivity index (χ0) is 22.9. The smallest absolute Gasteiger partial charge is 0.348 e. The Kier molecular flexibility index (Phi) is 9.08. The fourth-order valence-corrected chi connectivity index (χ4v) is 5.51. The Morgan fingerprint density at radius 2 is 2.00 bits per heavy atom. The van der Waals surface area contributed by atoms with Crippen molar-refractivity contribution in [3.05, 3.63) is 62.9 Å². The summed E-state index contributed by atoms with van der Waals surface area (Å²) in [6.07, 6.45) is 8.52. The molecule has 5 heteroatoms. The number of benzene rings is 1. The largest absolute Gasteiger partial charge is 0.465 e. The van der Waals surface area contributed by atoms with Crippen molar-refractivity contribution in [3.63, 3.8) is 0 Å². The maximum absolute atomic E-state index is 11.6. The van der Waals surface area contributed by atoms with E-state index in [0.717, 1.165) is 74.5 Å². The summed E-state index contributed by atoms with van der Waals surface area (Å²) in [6, 6.07) is 14.4. The SMILES string of the molecule is CCCCCC(O)c1ccc(C2=C(C#N)CCC2CCCc2ccc(C(=O)OC)s2)cc1. The van der Waals surface area contributed by atoms with Gasteiger partial charge in [0.15, 0.2) is 0 Å². The molecule has 0 fully saturated rings. The van der Waals surface area contributed by atoms with Crippen LogP contribution in [0.2, 0.25) is 0 Å². The van der Waals surface area contributed by atoms with E-state index in [1.54, 1.807) is 0 Å². The molecule has 170 valence electrons. The number of carbonyl (C=O) groups excluding carboxylic acids is 1. The molecule has 0 bridgehead atoms. The predicted octanol–water partition coefficient (Wildman–Crippen LogP) is 6.86. The van der Waals surface area contributed by atoms with Crippen LogP contribution in [0.5, 0.6) is 0 Å². The first-order chi connectivity index (χ1) is 15.6. The molecule has 1 aromatic heterocycles. The van der Waals surface area contributed by atoms with Crippen molar-refractivity contribution in [2.24, 2.45) is 5.92 Å². The van der Waals surface area contributed by atoms with Crippen LogP contribution in [0, 0.1) is 17.2 Å². The Labute approximate surface area is 195 Å². The van der Waals surface area contributed by atoms with Gasteiger partial charge in [-0.2, -0.15) is 5.26 Å². The summed E-state index contributed by atoms with van der Waals surface area (Å²) in [5, 5.41) is 20.1. The Morgan fingerprint density at radius 3 is 2.69 bits per heavy atom. The molecule has 1 aliphatic carbocycles. The fraction of sp³-hybridized carbons (Fsp3) is 0.481. The van der Waals surface area contributed by atoms with Crippen LogP contribution in [0.1, 0.15) is 90.1 Å². The number of hydrogen-bond donors (Lipinski definition) is 1. The lowest BCUT2D eigenvalue weighted by Gasteiger charge is -2.17. The minimum atomic E-state index is -0.417. The molecule has 0 aliphatic heterocycles. The van der Waals surface area contributed by atoms with Crippen LogP contribution in [-0.4, -0.2) is 18.2 Å². The molecule has 1 N–H and O–H groups in total. The van der Waals surface area contributed by atoms with Crippen molar-refractivity contribution in [2.45, 2.75) is 70.8 Å². The number of aliphatic hydroxyl groups excluding tert-OH is 1. The summed E-state index contributed by atoms with van der Waals surface area (Å²) in [6.45, 7) is 2.17. The molecule has 2 atom stereocenters. The summed E-state index contributed by atoms with van der Waals surface area (Å²) in [5.41, 5.74) is 4.14. The van der Waals surface area contributed by atoms with Gasteiger partial charge in [0.25, 0.3) is 0 Å². The van der Waals surface area contributed by atoms with E-state index in [9.17, 15) is 15.2 Å². The van der Waals surface area contributed by atoms with E-state index in [1.807, 2.05) is 24.3 Å². The van der Waals surface area contributed by atoms with Gasteiger partial charge in [-0.1, -0.05) is 50.5 Å². The van der Waals surface area contributed by atoms with E-state index in [0.29, 0.717) is 10.8 Å². The number of allylic oxidation sites excluding steroid dienone is 2. The number of hydrogen-bond acceptors (Lipinski definition) is 5. The van der Waals surface area contributed by atoms with E-state index in [-0.39, 0.29) is 5.97 Å². The van der Waals surface area contributed by atoms with Gasteiger partial charge in [-0.15, -0.1) is 11.3 Å². The minimum absolute atomic E-state index is 0.278. The van der Waals surface area contributed by atoms with Crippen molar-refractivity contribution in [1.29, 1.82) is 5.26 Å². The van der Waals surface area contributed by atoms with E-state index >= 15 is 0 Å². The molecule has 2 unspecified atom stereocenters. The number of methoxy groups -OCH3 is 1. The molecule has 0 spiro atoms. The molecule has 4 nitrogen and oxygen atoms in total. The Balaban J connectivity index is 1.62. The van der Waals surface area contributed by atoms with Crippen LogP contribution >= 0.6 is 11.3 Å². The van der Waals surface area contributed by atoms with Gasteiger partial charge in [0.2, 0.25) is 0 Å². The summed E-state index contributed by atoms with van der Waals surface area (Å²) >= 11 is 1.50. The van der Waals surface area contributed by atoms with Gasteiger partial charge in [0, 0.05) is 10.5 Å². The van der Waals surface area contributed by atoms with E-state index in [4.69, 9.17) is 4.74 Å². The minimum Gasteiger partial charge on any atom is -0.465 e. The highest BCUT2D eigenvalue weighted by Crippen LogP contribution is 2.41. The zero-order valence-electron chi connectivity index (χ0n) is 19.1. The van der Waals surface area contributed by atoms with Crippen molar-refractivity contribution in [1.82, 2.24) is 0 Å². The van der Waals surface area contributed by atoms with Crippen molar-refractivity contribution >= 4 is 22.9 Å². The van der Waals surface area contributed by atoms with E-state index in [2.05, 4.69) is 25.1 Å². The van der Waals surface area contributed by atoms with Crippen LogP contribution in [0.3, 0.4) is 0 Å². The lowest BCUT2D eigenvalue weighted by Crippen LogP contribution is -2.02. The molecule has 0 radical (unpaired) electrons. The van der Waals surface area contributed by atoms with Gasteiger partial charge >= 0.3 is 5.97 Å². The average Bonchev–Trinajstić information content (AvgIpc) is 3.46. The number of carbonyl (C=O) groups is 1. The molecule has 0 amide bonds. The number of esters is 1. The highest BCUT2D eigenvalue weighted by Gasteiger charge is 2.26. The topological polar surface area (TPSA) is 70.3 Å². The predicted molar refractivity (Wildman–Crippen MR) is 129 cm³/mol. The second-order valence-electron chi connectivity index (χ2n) is 8.52. The first kappa shape index (κ1) is 24.2. The summed E-state index contributed by atoms with van der Waals surface area (Å²) in [4.78, 5) is 13.5. The maximum atomic E-state index is 11.6. The normalized spacial score (nSPS) is 16.8. The standard InChI is InChI=1S/C27H33NO3S/c1-3-4-5-9-24(29)19-10-12-21(13-11-19)26-20(14-15-22(26)18-28)7-6-8-23-16-17-25(32-23)27(30)31-2/h10-13,16-17,20,24,29H,3-9,14-15H2,1-2H3. The fourth-order valence-electron chi connectivity index (χ4n) is 4.54. The molecule has 1 aromatic carbocycles. The lowest BCUT2D eigenvalue weighted by atomic mass is 9.88. The van der Waals surface area contributed by atoms with E-state index < -0.39 is 6.10 Å². The number of unbranched alkanes of at least 4 members (excludes halogenated alkanes) is 2. The average molecular weight is 452 g/mol. The Morgan fingerprint density at radius 1 is 1.22 bits per heavy atom. The summed E-state index contributed by atoms with van der Waals surface area (Å²) in [5.74, 6) is 0.102. The number of nitriles is 1. The first-order valence-electron chi connectivity index (χ1n) is 11.7. The third kappa shape index (κ3) is 6.09. The Bertz CT molecular complexity index is 968. The number of ether oxygens (including phenoxy) is 1. The number of aryl methyl sites for hydroxylation is 1. The van der Waals surface area contributed by atoms with Gasteiger partial charge in [-0.3, -0.25) is 0 Å².